The Morgan fingerprint density at radius 1 is 1.53 bits per heavy atom. The van der Waals surface area contributed by atoms with Gasteiger partial charge >= 0.3 is 5.97 Å². The molecule has 0 saturated heterocycles. The van der Waals surface area contributed by atoms with E-state index in [1.165, 1.54) is 12.3 Å². The Bertz CT molecular complexity index is 606. The summed E-state index contributed by atoms with van der Waals surface area (Å²) in [5.41, 5.74) is -0.907. The van der Waals surface area contributed by atoms with Crippen LogP contribution >= 0.6 is 11.8 Å². The molecular formula is C9H5ClN2O3. The quantitative estimate of drug-likeness (QED) is 0.787. The van der Waals surface area contributed by atoms with E-state index < -0.39 is 11.5 Å². The average Bonchev–Trinajstić information content (AvgIpc) is 2.23. The van der Waals surface area contributed by atoms with Gasteiger partial charge < -0.3 is 5.11 Å². The number of hydrogen-bond donors (Lipinski definition) is 1. The lowest BCUT2D eigenvalue weighted by molar-refractivity contribution is 0.0695. The van der Waals surface area contributed by atoms with Crippen molar-refractivity contribution < 1.29 is 9.90 Å². The molecule has 2 aromatic heterocycles. The number of rotatable bonds is 1. The third-order valence-corrected chi connectivity index (χ3v) is 2.26. The van der Waals surface area contributed by atoms with E-state index in [4.69, 9.17) is 16.9 Å². The molecule has 0 fully saturated rings. The summed E-state index contributed by atoms with van der Waals surface area (Å²) in [5, 5.41) is 9.26. The highest BCUT2D eigenvalue weighted by Gasteiger charge is 2.13. The van der Waals surface area contributed by atoms with Gasteiger partial charge in [-0.2, -0.15) is 4.09 Å². The van der Waals surface area contributed by atoms with Gasteiger partial charge in [0.2, 0.25) is 0 Å². The van der Waals surface area contributed by atoms with E-state index in [0.717, 1.165) is 0 Å². The minimum absolute atomic E-state index is 0.245. The maximum absolute atomic E-state index is 11.4. The van der Waals surface area contributed by atoms with Crippen molar-refractivity contribution in [3.63, 3.8) is 0 Å². The number of aromatic nitrogens is 2. The lowest BCUT2D eigenvalue weighted by atomic mass is 10.2. The number of pyridine rings is 2. The predicted molar refractivity (Wildman–Crippen MR) is 54.2 cm³/mol. The third-order valence-electron chi connectivity index (χ3n) is 1.94. The zero-order chi connectivity index (χ0) is 11.0. The Labute approximate surface area is 88.7 Å². The van der Waals surface area contributed by atoms with E-state index in [9.17, 15) is 9.59 Å². The van der Waals surface area contributed by atoms with Gasteiger partial charge in [-0.15, -0.1) is 0 Å². The van der Waals surface area contributed by atoms with Gasteiger partial charge in [-0.25, -0.2) is 9.78 Å². The van der Waals surface area contributed by atoms with E-state index in [0.29, 0.717) is 9.47 Å². The fourth-order valence-electron chi connectivity index (χ4n) is 1.26. The highest BCUT2D eigenvalue weighted by molar-refractivity contribution is 6.18. The summed E-state index contributed by atoms with van der Waals surface area (Å²) in [5.74, 6) is -1.31. The third kappa shape index (κ3) is 1.46. The largest absolute Gasteiger partial charge is 0.477 e. The minimum atomic E-state index is -1.31. The zero-order valence-electron chi connectivity index (χ0n) is 7.35. The maximum Gasteiger partial charge on any atom is 0.341 e. The highest BCUT2D eigenvalue weighted by Crippen LogP contribution is 2.11. The van der Waals surface area contributed by atoms with Gasteiger partial charge in [0.25, 0.3) is 5.56 Å². The van der Waals surface area contributed by atoms with Crippen LogP contribution in [0.25, 0.3) is 11.0 Å². The Morgan fingerprint density at radius 2 is 2.27 bits per heavy atom. The van der Waals surface area contributed by atoms with Gasteiger partial charge in [0, 0.05) is 23.4 Å². The van der Waals surface area contributed by atoms with Crippen molar-refractivity contribution in [2.75, 3.05) is 0 Å². The van der Waals surface area contributed by atoms with Gasteiger partial charge in [-0.05, 0) is 18.2 Å². The van der Waals surface area contributed by atoms with Crippen molar-refractivity contribution in [1.82, 2.24) is 9.07 Å². The van der Waals surface area contributed by atoms with Crippen LogP contribution in [0, 0.1) is 0 Å². The second-order valence-electron chi connectivity index (χ2n) is 2.87. The second-order valence-corrected chi connectivity index (χ2v) is 3.20. The van der Waals surface area contributed by atoms with Crippen molar-refractivity contribution in [1.29, 1.82) is 0 Å². The first-order valence-electron chi connectivity index (χ1n) is 4.01. The van der Waals surface area contributed by atoms with Crippen LogP contribution in [0.15, 0.2) is 29.2 Å². The van der Waals surface area contributed by atoms with Crippen LogP contribution in [0.4, 0.5) is 0 Å². The van der Waals surface area contributed by atoms with Crippen LogP contribution in [-0.4, -0.2) is 20.1 Å². The molecule has 2 rings (SSSR count). The van der Waals surface area contributed by atoms with Gasteiger partial charge in [0.15, 0.2) is 5.65 Å². The molecule has 0 amide bonds. The van der Waals surface area contributed by atoms with Crippen LogP contribution in [-0.2, 0) is 0 Å². The van der Waals surface area contributed by atoms with Crippen LogP contribution in [0.3, 0.4) is 0 Å². The molecule has 0 aromatic carbocycles. The van der Waals surface area contributed by atoms with Crippen molar-refractivity contribution in [2.45, 2.75) is 0 Å². The molecule has 15 heavy (non-hydrogen) atoms. The predicted octanol–water partition coefficient (Wildman–Crippen LogP) is 1.10. The molecule has 0 aliphatic carbocycles. The summed E-state index contributed by atoms with van der Waals surface area (Å²) >= 11 is 5.65. The smallest absolute Gasteiger partial charge is 0.341 e. The summed E-state index contributed by atoms with van der Waals surface area (Å²) in [7, 11) is 0. The van der Waals surface area contributed by atoms with Gasteiger partial charge in [-0.1, -0.05) is 0 Å². The second kappa shape index (κ2) is 3.36. The summed E-state index contributed by atoms with van der Waals surface area (Å²) < 4.78 is 0.707. The molecule has 0 spiro atoms. The molecule has 0 aliphatic heterocycles. The summed E-state index contributed by atoms with van der Waals surface area (Å²) in [6, 6.07) is 4.52. The molecule has 1 N–H and O–H groups in total. The van der Waals surface area contributed by atoms with E-state index in [-0.39, 0.29) is 11.2 Å². The Morgan fingerprint density at radius 3 is 2.93 bits per heavy atom. The normalized spacial score (nSPS) is 10.5. The van der Waals surface area contributed by atoms with Crippen LogP contribution in [0.2, 0.25) is 0 Å². The molecule has 5 nitrogen and oxygen atoms in total. The van der Waals surface area contributed by atoms with Crippen molar-refractivity contribution >= 4 is 28.8 Å². The van der Waals surface area contributed by atoms with E-state index in [2.05, 4.69) is 4.98 Å². The molecule has 0 radical (unpaired) electrons. The highest BCUT2D eigenvalue weighted by atomic mass is 35.5. The lowest BCUT2D eigenvalue weighted by Gasteiger charge is -2.02. The van der Waals surface area contributed by atoms with E-state index in [1.54, 1.807) is 12.1 Å². The molecule has 6 heteroatoms. The monoisotopic (exact) mass is 224 g/mol. The van der Waals surface area contributed by atoms with Gasteiger partial charge in [0.05, 0.1) is 0 Å². The van der Waals surface area contributed by atoms with E-state index in [1.807, 2.05) is 0 Å². The minimum Gasteiger partial charge on any atom is -0.477 e. The Balaban J connectivity index is 2.95. The SMILES string of the molecule is O=C(O)c1cc2cccnc2n(Cl)c1=O. The van der Waals surface area contributed by atoms with Gasteiger partial charge in [-0.3, -0.25) is 4.79 Å². The van der Waals surface area contributed by atoms with Crippen LogP contribution in [0.5, 0.6) is 0 Å². The van der Waals surface area contributed by atoms with Crippen LogP contribution in [0.1, 0.15) is 10.4 Å². The van der Waals surface area contributed by atoms with Crippen molar-refractivity contribution in [3.05, 3.63) is 40.3 Å². The summed E-state index contributed by atoms with van der Waals surface area (Å²) in [6.45, 7) is 0. The molecule has 0 bridgehead atoms. The number of carboxylic acids is 1. The number of halogens is 1. The molecular weight excluding hydrogens is 220 g/mol. The van der Waals surface area contributed by atoms with E-state index >= 15 is 0 Å². The molecule has 0 aliphatic rings. The lowest BCUT2D eigenvalue weighted by Crippen LogP contribution is -2.22. The fraction of sp³-hybridized carbons (Fsp3) is 0. The first-order valence-corrected chi connectivity index (χ1v) is 4.35. The number of nitrogens with zero attached hydrogens (tertiary/aromatic N) is 2. The maximum atomic E-state index is 11.4. The standard InChI is InChI=1S/C9H5ClN2O3/c10-12-7-5(2-1-3-11-7)4-6(8(12)13)9(14)15/h1-4H,(H,14,15). The molecule has 0 atom stereocenters. The number of hydrogen-bond acceptors (Lipinski definition) is 3. The summed E-state index contributed by atoms with van der Waals surface area (Å²) in [6.07, 6.45) is 1.47. The molecule has 0 unspecified atom stereocenters. The Kier molecular flexibility index (Phi) is 2.17. The van der Waals surface area contributed by atoms with Crippen molar-refractivity contribution in [3.8, 4) is 0 Å². The molecule has 2 heterocycles. The number of carboxylic acid groups (broad SMARTS) is 1. The topological polar surface area (TPSA) is 72.2 Å². The average molecular weight is 225 g/mol. The van der Waals surface area contributed by atoms with Gasteiger partial charge in [0.1, 0.15) is 5.56 Å². The number of fused-ring (bicyclic) bond motifs is 1. The first kappa shape index (κ1) is 9.67. The molecule has 76 valence electrons. The zero-order valence-corrected chi connectivity index (χ0v) is 8.10. The summed E-state index contributed by atoms with van der Waals surface area (Å²) in [4.78, 5) is 26.0. The number of aromatic carboxylic acids is 1. The number of carbonyl (C=O) groups is 1. The first-order chi connectivity index (χ1) is 7.11. The van der Waals surface area contributed by atoms with Crippen LogP contribution < -0.4 is 5.56 Å². The molecule has 2 aromatic rings. The Hall–Kier alpha value is -1.88. The van der Waals surface area contributed by atoms with Crippen molar-refractivity contribution in [2.24, 2.45) is 0 Å². The molecule has 0 saturated carbocycles. The fourth-order valence-corrected chi connectivity index (χ4v) is 1.49.